The van der Waals surface area contributed by atoms with Crippen molar-refractivity contribution in [1.82, 2.24) is 4.90 Å². The molecule has 1 fully saturated rings. The van der Waals surface area contributed by atoms with Crippen LogP contribution >= 0.6 is 15.9 Å². The standard InChI is InChI=1S/C9H15BrF3N/c10-5-1-3-8-4-2-6-14(8)7-9(11,12)13/h8H,1-7H2. The lowest BCUT2D eigenvalue weighted by Gasteiger charge is -2.25. The Kier molecular flexibility index (Phi) is 4.70. The molecule has 0 N–H and O–H groups in total. The SMILES string of the molecule is FC(F)(F)CN1CCCC1CCCBr. The maximum atomic E-state index is 12.2. The zero-order valence-corrected chi connectivity index (χ0v) is 9.57. The number of hydrogen-bond acceptors (Lipinski definition) is 1. The van der Waals surface area contributed by atoms with E-state index in [4.69, 9.17) is 0 Å². The Bertz CT molecular complexity index is 172. The normalized spacial score (nSPS) is 24.4. The maximum absolute atomic E-state index is 12.2. The molecule has 1 rings (SSSR count). The highest BCUT2D eigenvalue weighted by molar-refractivity contribution is 9.09. The van der Waals surface area contributed by atoms with Crippen molar-refractivity contribution >= 4 is 15.9 Å². The quantitative estimate of drug-likeness (QED) is 0.712. The van der Waals surface area contributed by atoms with E-state index in [0.717, 1.165) is 31.0 Å². The van der Waals surface area contributed by atoms with E-state index in [0.29, 0.717) is 6.54 Å². The van der Waals surface area contributed by atoms with Crippen LogP contribution in [0.25, 0.3) is 0 Å². The molecule has 0 aromatic carbocycles. The minimum atomic E-state index is -4.04. The Morgan fingerprint density at radius 1 is 1.36 bits per heavy atom. The lowest BCUT2D eigenvalue weighted by atomic mass is 10.1. The van der Waals surface area contributed by atoms with Gasteiger partial charge in [-0.15, -0.1) is 0 Å². The first-order valence-electron chi connectivity index (χ1n) is 4.89. The van der Waals surface area contributed by atoms with Crippen molar-refractivity contribution in [2.75, 3.05) is 18.4 Å². The first kappa shape index (κ1) is 12.3. The third-order valence-corrected chi connectivity index (χ3v) is 3.11. The molecule has 0 radical (unpaired) electrons. The molecule has 1 aliphatic heterocycles. The van der Waals surface area contributed by atoms with Crippen molar-refractivity contribution in [1.29, 1.82) is 0 Å². The minimum Gasteiger partial charge on any atom is -0.292 e. The maximum Gasteiger partial charge on any atom is 0.401 e. The monoisotopic (exact) mass is 273 g/mol. The molecule has 1 heterocycles. The first-order valence-corrected chi connectivity index (χ1v) is 6.02. The largest absolute Gasteiger partial charge is 0.401 e. The number of rotatable bonds is 4. The van der Waals surface area contributed by atoms with Gasteiger partial charge in [0.25, 0.3) is 0 Å². The second-order valence-corrected chi connectivity index (χ2v) is 4.51. The Balaban J connectivity index is 2.35. The van der Waals surface area contributed by atoms with Gasteiger partial charge in [0.2, 0.25) is 0 Å². The number of likely N-dealkylation sites (tertiary alicyclic amines) is 1. The van der Waals surface area contributed by atoms with E-state index in [1.54, 1.807) is 4.90 Å². The van der Waals surface area contributed by atoms with Crippen LogP contribution in [0.5, 0.6) is 0 Å². The Morgan fingerprint density at radius 3 is 2.64 bits per heavy atom. The summed E-state index contributed by atoms with van der Waals surface area (Å²) in [5, 5.41) is 0.878. The molecule has 1 unspecified atom stereocenters. The molecule has 5 heteroatoms. The van der Waals surface area contributed by atoms with Gasteiger partial charge in [0.05, 0.1) is 6.54 Å². The highest BCUT2D eigenvalue weighted by atomic mass is 79.9. The van der Waals surface area contributed by atoms with Crippen LogP contribution in [0.3, 0.4) is 0 Å². The van der Waals surface area contributed by atoms with E-state index in [1.807, 2.05) is 0 Å². The number of nitrogens with zero attached hydrogens (tertiary/aromatic N) is 1. The van der Waals surface area contributed by atoms with Gasteiger partial charge in [-0.1, -0.05) is 15.9 Å². The van der Waals surface area contributed by atoms with Gasteiger partial charge < -0.3 is 0 Å². The molecule has 1 atom stereocenters. The van der Waals surface area contributed by atoms with E-state index >= 15 is 0 Å². The topological polar surface area (TPSA) is 3.24 Å². The average molecular weight is 274 g/mol. The average Bonchev–Trinajstić information content (AvgIpc) is 2.45. The zero-order chi connectivity index (χ0) is 10.6. The number of halogens is 4. The predicted molar refractivity (Wildman–Crippen MR) is 53.7 cm³/mol. The lowest BCUT2D eigenvalue weighted by Crippen LogP contribution is -2.37. The van der Waals surface area contributed by atoms with E-state index in [1.165, 1.54) is 0 Å². The van der Waals surface area contributed by atoms with Gasteiger partial charge in [-0.2, -0.15) is 13.2 Å². The van der Waals surface area contributed by atoms with E-state index in [-0.39, 0.29) is 6.04 Å². The fourth-order valence-corrected chi connectivity index (χ4v) is 2.30. The summed E-state index contributed by atoms with van der Waals surface area (Å²) in [6.45, 7) is -0.133. The van der Waals surface area contributed by atoms with Crippen LogP contribution in [0.2, 0.25) is 0 Å². The molecule has 0 saturated carbocycles. The smallest absolute Gasteiger partial charge is 0.292 e. The van der Waals surface area contributed by atoms with Crippen LogP contribution in [0.15, 0.2) is 0 Å². The van der Waals surface area contributed by atoms with Gasteiger partial charge in [-0.05, 0) is 32.2 Å². The van der Waals surface area contributed by atoms with Crippen LogP contribution in [0.1, 0.15) is 25.7 Å². The highest BCUT2D eigenvalue weighted by Gasteiger charge is 2.35. The third kappa shape index (κ3) is 4.17. The molecule has 1 saturated heterocycles. The van der Waals surface area contributed by atoms with Crippen LogP contribution in [0.4, 0.5) is 13.2 Å². The van der Waals surface area contributed by atoms with Crippen LogP contribution in [0, 0.1) is 0 Å². The van der Waals surface area contributed by atoms with Gasteiger partial charge in [0, 0.05) is 11.4 Å². The van der Waals surface area contributed by atoms with E-state index in [2.05, 4.69) is 15.9 Å². The molecule has 1 aliphatic rings. The Hall–Kier alpha value is 0.230. The van der Waals surface area contributed by atoms with Crippen molar-refractivity contribution in [3.05, 3.63) is 0 Å². The Morgan fingerprint density at radius 2 is 2.07 bits per heavy atom. The molecule has 1 nitrogen and oxygen atoms in total. The van der Waals surface area contributed by atoms with Crippen LogP contribution in [-0.4, -0.2) is 35.5 Å². The number of hydrogen-bond donors (Lipinski definition) is 0. The molecular formula is C9H15BrF3N. The van der Waals surface area contributed by atoms with Crippen LogP contribution in [-0.2, 0) is 0 Å². The summed E-state index contributed by atoms with van der Waals surface area (Å²) >= 11 is 3.30. The second-order valence-electron chi connectivity index (χ2n) is 3.71. The van der Waals surface area contributed by atoms with Crippen molar-refractivity contribution in [2.24, 2.45) is 0 Å². The number of alkyl halides is 4. The molecule has 0 aromatic heterocycles. The summed E-state index contributed by atoms with van der Waals surface area (Å²) in [6, 6.07) is 0.147. The third-order valence-electron chi connectivity index (χ3n) is 2.55. The highest BCUT2D eigenvalue weighted by Crippen LogP contribution is 2.26. The van der Waals surface area contributed by atoms with Crippen molar-refractivity contribution in [3.63, 3.8) is 0 Å². The summed E-state index contributed by atoms with van der Waals surface area (Å²) in [6.07, 6.45) is -0.385. The molecular weight excluding hydrogens is 259 g/mol. The molecule has 0 spiro atoms. The lowest BCUT2D eigenvalue weighted by molar-refractivity contribution is -0.147. The van der Waals surface area contributed by atoms with E-state index in [9.17, 15) is 13.2 Å². The van der Waals surface area contributed by atoms with Gasteiger partial charge in [0.1, 0.15) is 0 Å². The van der Waals surface area contributed by atoms with Gasteiger partial charge in [-0.3, -0.25) is 4.90 Å². The fraction of sp³-hybridized carbons (Fsp3) is 1.00. The molecule has 0 amide bonds. The first-order chi connectivity index (χ1) is 6.53. The summed E-state index contributed by atoms with van der Waals surface area (Å²) < 4.78 is 36.5. The summed E-state index contributed by atoms with van der Waals surface area (Å²) in [5.41, 5.74) is 0. The zero-order valence-electron chi connectivity index (χ0n) is 7.99. The molecule has 0 aromatic rings. The predicted octanol–water partition coefficient (Wildman–Crippen LogP) is 3.19. The van der Waals surface area contributed by atoms with E-state index < -0.39 is 12.7 Å². The molecule has 0 aliphatic carbocycles. The van der Waals surface area contributed by atoms with Crippen LogP contribution < -0.4 is 0 Å². The molecule has 84 valence electrons. The minimum absolute atomic E-state index is 0.147. The van der Waals surface area contributed by atoms with Gasteiger partial charge in [-0.25, -0.2) is 0 Å². The van der Waals surface area contributed by atoms with Gasteiger partial charge in [0.15, 0.2) is 0 Å². The van der Waals surface area contributed by atoms with Crippen molar-refractivity contribution in [2.45, 2.75) is 37.9 Å². The molecule has 0 bridgehead atoms. The summed E-state index contributed by atoms with van der Waals surface area (Å²) in [4.78, 5) is 1.57. The summed E-state index contributed by atoms with van der Waals surface area (Å²) in [5.74, 6) is 0. The second kappa shape index (κ2) is 5.35. The van der Waals surface area contributed by atoms with Crippen molar-refractivity contribution in [3.8, 4) is 0 Å². The fourth-order valence-electron chi connectivity index (χ4n) is 1.97. The summed E-state index contributed by atoms with van der Waals surface area (Å²) in [7, 11) is 0. The molecule has 14 heavy (non-hydrogen) atoms. The van der Waals surface area contributed by atoms with Crippen molar-refractivity contribution < 1.29 is 13.2 Å². The van der Waals surface area contributed by atoms with Gasteiger partial charge >= 0.3 is 6.18 Å². The Labute approximate surface area is 90.8 Å².